The lowest BCUT2D eigenvalue weighted by Gasteiger charge is -2.10. The van der Waals surface area contributed by atoms with Gasteiger partial charge >= 0.3 is 0 Å². The van der Waals surface area contributed by atoms with Gasteiger partial charge in [-0.25, -0.2) is 0 Å². The Morgan fingerprint density at radius 1 is 1.04 bits per heavy atom. The van der Waals surface area contributed by atoms with Gasteiger partial charge in [-0.15, -0.1) is 0 Å². The first kappa shape index (κ1) is 17.3. The number of carbonyl (C=O) groups is 2. The van der Waals surface area contributed by atoms with Gasteiger partial charge in [-0.1, -0.05) is 12.1 Å². The molecule has 0 spiro atoms. The Balaban J connectivity index is 1.66. The molecule has 1 heterocycles. The Morgan fingerprint density at radius 2 is 1.79 bits per heavy atom. The van der Waals surface area contributed by atoms with Crippen molar-refractivity contribution in [3.05, 3.63) is 54.4 Å². The van der Waals surface area contributed by atoms with Crippen LogP contribution in [-0.4, -0.2) is 43.6 Å². The van der Waals surface area contributed by atoms with Crippen LogP contribution in [0.25, 0.3) is 0 Å². The Kier molecular flexibility index (Phi) is 6.58. The number of hydrogen-bond acceptors (Lipinski definition) is 5. The van der Waals surface area contributed by atoms with Crippen LogP contribution in [0.4, 0.5) is 0 Å². The minimum Gasteiger partial charge on any atom is -0.493 e. The standard InChI is InChI=1S/C17H19N3O4/c1-23-14-6-2-3-7-15(14)24-12-16(21)19-9-10-20-17(22)13-5-4-8-18-11-13/h2-8,11H,9-10,12H2,1H3,(H,19,21)(H,20,22). The van der Waals surface area contributed by atoms with Crippen LogP contribution in [0.3, 0.4) is 0 Å². The number of amides is 2. The number of para-hydroxylation sites is 2. The molecule has 2 N–H and O–H groups in total. The lowest BCUT2D eigenvalue weighted by molar-refractivity contribution is -0.123. The molecule has 126 valence electrons. The first-order chi connectivity index (χ1) is 11.7. The van der Waals surface area contributed by atoms with Crippen LogP contribution in [0, 0.1) is 0 Å². The summed E-state index contributed by atoms with van der Waals surface area (Å²) in [6, 6.07) is 10.4. The van der Waals surface area contributed by atoms with Crippen LogP contribution in [0.15, 0.2) is 48.8 Å². The first-order valence-electron chi connectivity index (χ1n) is 7.41. The lowest BCUT2D eigenvalue weighted by atomic mass is 10.3. The highest BCUT2D eigenvalue weighted by molar-refractivity contribution is 5.93. The van der Waals surface area contributed by atoms with Crippen molar-refractivity contribution in [3.8, 4) is 11.5 Å². The van der Waals surface area contributed by atoms with Crippen molar-refractivity contribution >= 4 is 11.8 Å². The maximum Gasteiger partial charge on any atom is 0.258 e. The van der Waals surface area contributed by atoms with Crippen LogP contribution in [-0.2, 0) is 4.79 Å². The monoisotopic (exact) mass is 329 g/mol. The first-order valence-corrected chi connectivity index (χ1v) is 7.41. The lowest BCUT2D eigenvalue weighted by Crippen LogP contribution is -2.36. The maximum absolute atomic E-state index is 11.8. The predicted molar refractivity (Wildman–Crippen MR) is 88.1 cm³/mol. The molecule has 0 saturated carbocycles. The fraction of sp³-hybridized carbons (Fsp3) is 0.235. The Labute approximate surface area is 140 Å². The minimum absolute atomic E-state index is 0.128. The fourth-order valence-electron chi connectivity index (χ4n) is 1.91. The van der Waals surface area contributed by atoms with E-state index in [1.54, 1.807) is 36.5 Å². The molecule has 7 heteroatoms. The topological polar surface area (TPSA) is 89.5 Å². The van der Waals surface area contributed by atoms with E-state index in [-0.39, 0.29) is 18.4 Å². The third kappa shape index (κ3) is 5.28. The second-order valence-corrected chi connectivity index (χ2v) is 4.79. The van der Waals surface area contributed by atoms with Crippen LogP contribution in [0.1, 0.15) is 10.4 Å². The fourth-order valence-corrected chi connectivity index (χ4v) is 1.91. The summed E-state index contributed by atoms with van der Waals surface area (Å²) in [5.41, 5.74) is 0.475. The molecule has 0 atom stereocenters. The average molecular weight is 329 g/mol. The number of ether oxygens (including phenoxy) is 2. The molecule has 1 aromatic carbocycles. The molecule has 0 radical (unpaired) electrons. The summed E-state index contributed by atoms with van der Waals surface area (Å²) in [4.78, 5) is 27.4. The summed E-state index contributed by atoms with van der Waals surface area (Å²) in [5.74, 6) is 0.549. The van der Waals surface area contributed by atoms with Gasteiger partial charge in [-0.05, 0) is 24.3 Å². The third-order valence-corrected chi connectivity index (χ3v) is 3.08. The molecule has 0 unspecified atom stereocenters. The van der Waals surface area contributed by atoms with Crippen molar-refractivity contribution in [1.29, 1.82) is 0 Å². The van der Waals surface area contributed by atoms with E-state index in [1.165, 1.54) is 13.3 Å². The van der Waals surface area contributed by atoms with E-state index in [4.69, 9.17) is 9.47 Å². The summed E-state index contributed by atoms with van der Waals surface area (Å²) in [6.07, 6.45) is 3.08. The van der Waals surface area contributed by atoms with Crippen LogP contribution >= 0.6 is 0 Å². The Morgan fingerprint density at radius 3 is 2.50 bits per heavy atom. The zero-order valence-electron chi connectivity index (χ0n) is 13.3. The summed E-state index contributed by atoms with van der Waals surface area (Å²) < 4.78 is 10.5. The molecule has 24 heavy (non-hydrogen) atoms. The van der Waals surface area contributed by atoms with E-state index in [0.717, 1.165) is 0 Å². The van der Waals surface area contributed by atoms with Crippen LogP contribution in [0.2, 0.25) is 0 Å². The van der Waals surface area contributed by atoms with E-state index in [0.29, 0.717) is 30.2 Å². The Bertz CT molecular complexity index is 677. The number of carbonyl (C=O) groups excluding carboxylic acids is 2. The van der Waals surface area contributed by atoms with Gasteiger partial charge in [0.1, 0.15) is 0 Å². The summed E-state index contributed by atoms with van der Waals surface area (Å²) in [7, 11) is 1.53. The molecule has 1 aromatic heterocycles. The van der Waals surface area contributed by atoms with Gasteiger partial charge in [-0.2, -0.15) is 0 Å². The highest BCUT2D eigenvalue weighted by Gasteiger charge is 2.07. The normalized spacial score (nSPS) is 9.88. The van der Waals surface area contributed by atoms with Crippen LogP contribution in [0.5, 0.6) is 11.5 Å². The molecule has 0 bridgehead atoms. The SMILES string of the molecule is COc1ccccc1OCC(=O)NCCNC(=O)c1cccnc1. The molecular formula is C17H19N3O4. The van der Waals surface area contributed by atoms with Gasteiger partial charge < -0.3 is 20.1 Å². The van der Waals surface area contributed by atoms with Gasteiger partial charge in [0, 0.05) is 25.5 Å². The number of benzene rings is 1. The zero-order chi connectivity index (χ0) is 17.2. The van der Waals surface area contributed by atoms with Crippen molar-refractivity contribution in [1.82, 2.24) is 15.6 Å². The highest BCUT2D eigenvalue weighted by atomic mass is 16.5. The number of aromatic nitrogens is 1. The second-order valence-electron chi connectivity index (χ2n) is 4.79. The molecule has 2 rings (SSSR count). The number of nitrogens with one attached hydrogen (secondary N) is 2. The van der Waals surface area contributed by atoms with E-state index in [1.807, 2.05) is 6.07 Å². The van der Waals surface area contributed by atoms with Crippen molar-refractivity contribution in [3.63, 3.8) is 0 Å². The number of hydrogen-bond donors (Lipinski definition) is 2. The highest BCUT2D eigenvalue weighted by Crippen LogP contribution is 2.25. The molecule has 0 fully saturated rings. The van der Waals surface area contributed by atoms with Gasteiger partial charge in [-0.3, -0.25) is 14.6 Å². The van der Waals surface area contributed by atoms with E-state index >= 15 is 0 Å². The van der Waals surface area contributed by atoms with Crippen molar-refractivity contribution in [2.24, 2.45) is 0 Å². The summed E-state index contributed by atoms with van der Waals surface area (Å²) >= 11 is 0. The van der Waals surface area contributed by atoms with Crippen molar-refractivity contribution in [2.45, 2.75) is 0 Å². The number of nitrogens with zero attached hydrogens (tertiary/aromatic N) is 1. The predicted octanol–water partition coefficient (Wildman–Crippen LogP) is 1.02. The van der Waals surface area contributed by atoms with E-state index < -0.39 is 0 Å². The van der Waals surface area contributed by atoms with Gasteiger partial charge in [0.2, 0.25) is 0 Å². The quantitative estimate of drug-likeness (QED) is 0.706. The molecule has 2 aromatic rings. The maximum atomic E-state index is 11.8. The van der Waals surface area contributed by atoms with Gasteiger partial charge in [0.15, 0.2) is 18.1 Å². The van der Waals surface area contributed by atoms with Gasteiger partial charge in [0.05, 0.1) is 12.7 Å². The number of rotatable bonds is 8. The van der Waals surface area contributed by atoms with Crippen LogP contribution < -0.4 is 20.1 Å². The zero-order valence-corrected chi connectivity index (χ0v) is 13.3. The van der Waals surface area contributed by atoms with Crippen molar-refractivity contribution < 1.29 is 19.1 Å². The second kappa shape index (κ2) is 9.14. The third-order valence-electron chi connectivity index (χ3n) is 3.08. The molecule has 0 saturated heterocycles. The molecule has 2 amide bonds. The molecule has 0 aliphatic rings. The molecular weight excluding hydrogens is 310 g/mol. The minimum atomic E-state index is -0.281. The smallest absolute Gasteiger partial charge is 0.258 e. The number of methoxy groups -OCH3 is 1. The average Bonchev–Trinajstić information content (AvgIpc) is 2.64. The Hall–Kier alpha value is -3.09. The van der Waals surface area contributed by atoms with E-state index in [2.05, 4.69) is 15.6 Å². The molecule has 0 aliphatic carbocycles. The summed E-state index contributed by atoms with van der Waals surface area (Å²) in [6.45, 7) is 0.491. The number of pyridine rings is 1. The van der Waals surface area contributed by atoms with E-state index in [9.17, 15) is 9.59 Å². The molecule has 0 aliphatic heterocycles. The van der Waals surface area contributed by atoms with Gasteiger partial charge in [0.25, 0.3) is 11.8 Å². The van der Waals surface area contributed by atoms with Crippen molar-refractivity contribution in [2.75, 3.05) is 26.8 Å². The largest absolute Gasteiger partial charge is 0.493 e. The molecule has 7 nitrogen and oxygen atoms in total. The summed E-state index contributed by atoms with van der Waals surface area (Å²) in [5, 5.41) is 5.35.